The molecule has 1 heterocycles. The highest BCUT2D eigenvalue weighted by atomic mass is 32.2. The minimum atomic E-state index is 0.472. The maximum Gasteiger partial charge on any atom is 0.192 e. The molecule has 0 unspecified atom stereocenters. The van der Waals surface area contributed by atoms with Crippen molar-refractivity contribution in [2.75, 3.05) is 0 Å². The van der Waals surface area contributed by atoms with E-state index in [4.69, 9.17) is 0 Å². The largest absolute Gasteiger partial charge is 0.310 e. The summed E-state index contributed by atoms with van der Waals surface area (Å²) in [5.74, 6) is 0. The van der Waals surface area contributed by atoms with E-state index in [9.17, 15) is 0 Å². The lowest BCUT2D eigenvalue weighted by molar-refractivity contribution is 0.585. The van der Waals surface area contributed by atoms with Crippen molar-refractivity contribution in [1.82, 2.24) is 15.3 Å². The molecule has 0 amide bonds. The first-order valence-electron chi connectivity index (χ1n) is 6.84. The highest BCUT2D eigenvalue weighted by Gasteiger charge is 2.04. The first kappa shape index (κ1) is 15.0. The van der Waals surface area contributed by atoms with Gasteiger partial charge in [0.05, 0.1) is 0 Å². The molecular weight excluding hydrogens is 266 g/mol. The fourth-order valence-electron chi connectivity index (χ4n) is 1.82. The van der Waals surface area contributed by atoms with Crippen LogP contribution in [0.1, 0.15) is 30.5 Å². The molecule has 2 rings (SSSR count). The smallest absolute Gasteiger partial charge is 0.192 e. The molecule has 0 bridgehead atoms. The summed E-state index contributed by atoms with van der Waals surface area (Å²) in [4.78, 5) is 10.1. The minimum absolute atomic E-state index is 0.472. The van der Waals surface area contributed by atoms with E-state index in [0.29, 0.717) is 6.04 Å². The van der Waals surface area contributed by atoms with Crippen LogP contribution < -0.4 is 5.32 Å². The fourth-order valence-corrected chi connectivity index (χ4v) is 2.58. The van der Waals surface area contributed by atoms with Crippen molar-refractivity contribution in [3.63, 3.8) is 0 Å². The van der Waals surface area contributed by atoms with Gasteiger partial charge in [-0.2, -0.15) is 0 Å². The summed E-state index contributed by atoms with van der Waals surface area (Å²) in [6, 6.07) is 6.91. The van der Waals surface area contributed by atoms with Crippen molar-refractivity contribution in [3.8, 4) is 0 Å². The zero-order valence-electron chi connectivity index (χ0n) is 12.5. The Morgan fingerprint density at radius 3 is 2.45 bits per heavy atom. The zero-order chi connectivity index (χ0) is 14.5. The Bertz CT molecular complexity index is 564. The first-order valence-corrected chi connectivity index (χ1v) is 7.65. The van der Waals surface area contributed by atoms with Gasteiger partial charge < -0.3 is 5.32 Å². The topological polar surface area (TPSA) is 37.8 Å². The molecule has 0 saturated carbocycles. The standard InChI is InChI=1S/C16H21N3S/c1-11(2)17-8-14-9-18-16(19-10-14)20-15-6-5-12(3)7-13(15)4/h5-7,9-11,17H,8H2,1-4H3. The van der Waals surface area contributed by atoms with Crippen molar-refractivity contribution in [2.45, 2.75) is 50.3 Å². The van der Waals surface area contributed by atoms with Gasteiger partial charge in [-0.25, -0.2) is 9.97 Å². The molecule has 20 heavy (non-hydrogen) atoms. The van der Waals surface area contributed by atoms with E-state index in [1.807, 2.05) is 12.4 Å². The van der Waals surface area contributed by atoms with Crippen molar-refractivity contribution in [1.29, 1.82) is 0 Å². The molecule has 0 radical (unpaired) electrons. The van der Waals surface area contributed by atoms with E-state index in [1.165, 1.54) is 16.0 Å². The summed E-state index contributed by atoms with van der Waals surface area (Å²) < 4.78 is 0. The maximum atomic E-state index is 4.43. The van der Waals surface area contributed by atoms with E-state index in [-0.39, 0.29) is 0 Å². The SMILES string of the molecule is Cc1ccc(Sc2ncc(CNC(C)C)cn2)c(C)c1. The molecule has 0 aliphatic carbocycles. The summed E-state index contributed by atoms with van der Waals surface area (Å²) in [6.45, 7) is 9.30. The average molecular weight is 287 g/mol. The van der Waals surface area contributed by atoms with Gasteiger partial charge in [-0.3, -0.25) is 0 Å². The molecule has 1 N–H and O–H groups in total. The van der Waals surface area contributed by atoms with Crippen LogP contribution in [0.4, 0.5) is 0 Å². The van der Waals surface area contributed by atoms with Crippen molar-refractivity contribution in [3.05, 3.63) is 47.3 Å². The van der Waals surface area contributed by atoms with Crippen LogP contribution in [0.3, 0.4) is 0 Å². The molecule has 0 aliphatic rings. The van der Waals surface area contributed by atoms with Gasteiger partial charge in [-0.15, -0.1) is 0 Å². The summed E-state index contributed by atoms with van der Waals surface area (Å²) >= 11 is 1.61. The second-order valence-electron chi connectivity index (χ2n) is 5.28. The van der Waals surface area contributed by atoms with Crippen molar-refractivity contribution < 1.29 is 0 Å². The number of nitrogens with zero attached hydrogens (tertiary/aromatic N) is 2. The van der Waals surface area contributed by atoms with Gasteiger partial charge in [0.25, 0.3) is 0 Å². The zero-order valence-corrected chi connectivity index (χ0v) is 13.3. The number of hydrogen-bond donors (Lipinski definition) is 1. The number of hydrogen-bond acceptors (Lipinski definition) is 4. The van der Waals surface area contributed by atoms with Crippen LogP contribution in [0.2, 0.25) is 0 Å². The van der Waals surface area contributed by atoms with Crippen LogP contribution in [-0.2, 0) is 6.54 Å². The van der Waals surface area contributed by atoms with Crippen LogP contribution in [-0.4, -0.2) is 16.0 Å². The van der Waals surface area contributed by atoms with Gasteiger partial charge in [0.2, 0.25) is 0 Å². The van der Waals surface area contributed by atoms with E-state index < -0.39 is 0 Å². The third-order valence-corrected chi connectivity index (χ3v) is 4.00. The van der Waals surface area contributed by atoms with Crippen LogP contribution in [0.25, 0.3) is 0 Å². The summed E-state index contributed by atoms with van der Waals surface area (Å²) in [5.41, 5.74) is 3.66. The van der Waals surface area contributed by atoms with E-state index >= 15 is 0 Å². The number of nitrogens with one attached hydrogen (secondary N) is 1. The molecule has 1 aromatic carbocycles. The number of rotatable bonds is 5. The van der Waals surface area contributed by atoms with Gasteiger partial charge in [0, 0.05) is 35.4 Å². The Morgan fingerprint density at radius 2 is 1.85 bits per heavy atom. The van der Waals surface area contributed by atoms with Gasteiger partial charge in [-0.05, 0) is 37.2 Å². The first-order chi connectivity index (χ1) is 9.54. The summed E-state index contributed by atoms with van der Waals surface area (Å²) in [7, 11) is 0. The molecule has 0 spiro atoms. The molecule has 0 atom stereocenters. The quantitative estimate of drug-likeness (QED) is 0.850. The van der Waals surface area contributed by atoms with Crippen LogP contribution in [0.15, 0.2) is 40.6 Å². The van der Waals surface area contributed by atoms with Crippen LogP contribution in [0, 0.1) is 13.8 Å². The molecule has 2 aromatic rings. The van der Waals surface area contributed by atoms with Gasteiger partial charge >= 0.3 is 0 Å². The number of aromatic nitrogens is 2. The molecule has 3 nitrogen and oxygen atoms in total. The van der Waals surface area contributed by atoms with Gasteiger partial charge in [0.1, 0.15) is 0 Å². The van der Waals surface area contributed by atoms with Crippen molar-refractivity contribution in [2.24, 2.45) is 0 Å². The Labute approximate surface area is 125 Å². The summed E-state index contributed by atoms with van der Waals surface area (Å²) in [6.07, 6.45) is 3.79. The van der Waals surface area contributed by atoms with Gasteiger partial charge in [-0.1, -0.05) is 31.5 Å². The lowest BCUT2D eigenvalue weighted by atomic mass is 10.2. The highest BCUT2D eigenvalue weighted by molar-refractivity contribution is 7.99. The van der Waals surface area contributed by atoms with E-state index in [2.05, 4.69) is 61.2 Å². The Morgan fingerprint density at radius 1 is 1.15 bits per heavy atom. The molecule has 0 saturated heterocycles. The highest BCUT2D eigenvalue weighted by Crippen LogP contribution is 2.27. The molecular formula is C16H21N3S. The third kappa shape index (κ3) is 4.32. The molecule has 0 fully saturated rings. The van der Waals surface area contributed by atoms with E-state index in [1.54, 1.807) is 11.8 Å². The van der Waals surface area contributed by atoms with E-state index in [0.717, 1.165) is 17.3 Å². The second kappa shape index (κ2) is 6.86. The predicted molar refractivity (Wildman–Crippen MR) is 84.0 cm³/mol. The normalized spacial score (nSPS) is 11.1. The Balaban J connectivity index is 2.03. The molecule has 1 aromatic heterocycles. The lowest BCUT2D eigenvalue weighted by Crippen LogP contribution is -2.21. The molecule has 0 aliphatic heterocycles. The second-order valence-corrected chi connectivity index (χ2v) is 6.29. The Kier molecular flexibility index (Phi) is 5.15. The minimum Gasteiger partial charge on any atom is -0.310 e. The third-order valence-electron chi connectivity index (χ3n) is 2.93. The molecule has 106 valence electrons. The van der Waals surface area contributed by atoms with Crippen LogP contribution in [0.5, 0.6) is 0 Å². The summed E-state index contributed by atoms with van der Waals surface area (Å²) in [5, 5.41) is 4.16. The van der Waals surface area contributed by atoms with Crippen LogP contribution >= 0.6 is 11.8 Å². The predicted octanol–water partition coefficient (Wildman–Crippen LogP) is 3.74. The van der Waals surface area contributed by atoms with Gasteiger partial charge in [0.15, 0.2) is 5.16 Å². The number of aryl methyl sites for hydroxylation is 2. The monoisotopic (exact) mass is 287 g/mol. The van der Waals surface area contributed by atoms with Crippen molar-refractivity contribution >= 4 is 11.8 Å². The molecule has 4 heteroatoms. The maximum absolute atomic E-state index is 4.43. The average Bonchev–Trinajstić information content (AvgIpc) is 2.41. The lowest BCUT2D eigenvalue weighted by Gasteiger charge is -2.08. The Hall–Kier alpha value is -1.39. The fraction of sp³-hybridized carbons (Fsp3) is 0.375. The number of benzene rings is 1.